The van der Waals surface area contributed by atoms with E-state index < -0.39 is 5.97 Å². The fourth-order valence-corrected chi connectivity index (χ4v) is 3.76. The Kier molecular flexibility index (Phi) is 10.6. The molecule has 1 fully saturated rings. The van der Waals surface area contributed by atoms with Gasteiger partial charge in [0.05, 0.1) is 24.3 Å². The number of nitrogens with one attached hydrogen (secondary N) is 3. The molecule has 3 rings (SSSR count). The number of carboxylic acid groups (broad SMARTS) is 1. The number of ether oxygens (including phenoxy) is 1. The summed E-state index contributed by atoms with van der Waals surface area (Å²) in [6.45, 7) is 6.95. The highest BCUT2D eigenvalue weighted by atomic mass is 16.5. The van der Waals surface area contributed by atoms with Crippen LogP contribution in [0.15, 0.2) is 30.7 Å². The first-order chi connectivity index (χ1) is 15.8. The zero-order chi connectivity index (χ0) is 24.2. The van der Waals surface area contributed by atoms with E-state index in [2.05, 4.69) is 27.6 Å². The lowest BCUT2D eigenvalue weighted by Crippen LogP contribution is -2.50. The molecule has 33 heavy (non-hydrogen) atoms. The van der Waals surface area contributed by atoms with Gasteiger partial charge in [0.15, 0.2) is 0 Å². The van der Waals surface area contributed by atoms with E-state index >= 15 is 0 Å². The van der Waals surface area contributed by atoms with Crippen LogP contribution in [0.2, 0.25) is 0 Å². The van der Waals surface area contributed by atoms with Gasteiger partial charge in [0.1, 0.15) is 0 Å². The molecule has 0 aliphatic heterocycles. The van der Waals surface area contributed by atoms with Gasteiger partial charge in [-0.1, -0.05) is 6.92 Å². The SMILES string of the molecule is CC(=O)O.CCCO[C@@H]1C[C@@H](C(=O)NCCn2nccc2C)CC[C@H]1NC(=O)c1cc[nH]c1. The van der Waals surface area contributed by atoms with Crippen LogP contribution in [0.4, 0.5) is 0 Å². The summed E-state index contributed by atoms with van der Waals surface area (Å²) in [5, 5.41) is 17.8. The monoisotopic (exact) mass is 461 g/mol. The highest BCUT2D eigenvalue weighted by Crippen LogP contribution is 2.27. The fraction of sp³-hybridized carbons (Fsp3) is 0.565. The third kappa shape index (κ3) is 8.72. The Balaban J connectivity index is 0.000000890. The number of H-pyrrole nitrogens is 1. The van der Waals surface area contributed by atoms with Crippen molar-refractivity contribution < 1.29 is 24.2 Å². The van der Waals surface area contributed by atoms with Crippen LogP contribution in [-0.4, -0.2) is 63.0 Å². The van der Waals surface area contributed by atoms with Crippen molar-refractivity contribution in [1.29, 1.82) is 0 Å². The molecular weight excluding hydrogens is 426 g/mol. The quantitative estimate of drug-likeness (QED) is 0.451. The number of carbonyl (C=O) groups is 3. The van der Waals surface area contributed by atoms with Crippen LogP contribution in [0.25, 0.3) is 0 Å². The second-order valence-corrected chi connectivity index (χ2v) is 8.10. The molecule has 3 atom stereocenters. The van der Waals surface area contributed by atoms with Crippen molar-refractivity contribution in [1.82, 2.24) is 25.4 Å². The zero-order valence-electron chi connectivity index (χ0n) is 19.5. The third-order valence-corrected chi connectivity index (χ3v) is 5.43. The lowest BCUT2D eigenvalue weighted by molar-refractivity contribution is -0.134. The van der Waals surface area contributed by atoms with E-state index in [0.717, 1.165) is 31.9 Å². The average molecular weight is 462 g/mol. The van der Waals surface area contributed by atoms with Gasteiger partial charge >= 0.3 is 0 Å². The molecule has 1 aliphatic rings. The Bertz CT molecular complexity index is 876. The number of rotatable bonds is 9. The highest BCUT2D eigenvalue weighted by molar-refractivity contribution is 5.94. The van der Waals surface area contributed by atoms with Gasteiger partial charge in [0, 0.05) is 50.3 Å². The van der Waals surface area contributed by atoms with Crippen LogP contribution >= 0.6 is 0 Å². The van der Waals surface area contributed by atoms with Crippen molar-refractivity contribution in [3.63, 3.8) is 0 Å². The summed E-state index contributed by atoms with van der Waals surface area (Å²) in [5.41, 5.74) is 1.68. The molecule has 0 aromatic carbocycles. The smallest absolute Gasteiger partial charge is 0.300 e. The van der Waals surface area contributed by atoms with E-state index in [1.807, 2.05) is 17.7 Å². The minimum absolute atomic E-state index is 0.0512. The summed E-state index contributed by atoms with van der Waals surface area (Å²) in [6, 6.07) is 3.61. The van der Waals surface area contributed by atoms with Crippen molar-refractivity contribution in [3.05, 3.63) is 42.0 Å². The van der Waals surface area contributed by atoms with E-state index in [9.17, 15) is 9.59 Å². The van der Waals surface area contributed by atoms with E-state index in [-0.39, 0.29) is 29.9 Å². The molecule has 0 unspecified atom stereocenters. The lowest BCUT2D eigenvalue weighted by Gasteiger charge is -2.35. The number of aryl methyl sites for hydroxylation is 1. The van der Waals surface area contributed by atoms with Crippen molar-refractivity contribution in [3.8, 4) is 0 Å². The highest BCUT2D eigenvalue weighted by Gasteiger charge is 2.35. The molecule has 10 nitrogen and oxygen atoms in total. The molecular formula is C23H35N5O5. The molecule has 4 N–H and O–H groups in total. The minimum Gasteiger partial charge on any atom is -0.481 e. The van der Waals surface area contributed by atoms with Crippen LogP contribution in [0.1, 0.15) is 55.6 Å². The Morgan fingerprint density at radius 3 is 2.67 bits per heavy atom. The van der Waals surface area contributed by atoms with Crippen LogP contribution in [0.3, 0.4) is 0 Å². The largest absolute Gasteiger partial charge is 0.481 e. The van der Waals surface area contributed by atoms with Gasteiger partial charge in [-0.25, -0.2) is 0 Å². The number of aromatic amines is 1. The maximum Gasteiger partial charge on any atom is 0.300 e. The number of carbonyl (C=O) groups excluding carboxylic acids is 2. The Morgan fingerprint density at radius 1 is 1.30 bits per heavy atom. The Labute approximate surface area is 194 Å². The van der Waals surface area contributed by atoms with Gasteiger partial charge in [-0.15, -0.1) is 0 Å². The van der Waals surface area contributed by atoms with E-state index in [4.69, 9.17) is 14.6 Å². The normalized spacial score (nSPS) is 19.8. The summed E-state index contributed by atoms with van der Waals surface area (Å²) >= 11 is 0. The molecule has 10 heteroatoms. The molecule has 0 spiro atoms. The van der Waals surface area contributed by atoms with Crippen molar-refractivity contribution in [2.24, 2.45) is 5.92 Å². The molecule has 0 radical (unpaired) electrons. The van der Waals surface area contributed by atoms with Crippen LogP contribution in [0, 0.1) is 12.8 Å². The topological polar surface area (TPSA) is 138 Å². The molecule has 0 bridgehead atoms. The molecule has 2 aromatic heterocycles. The predicted octanol–water partition coefficient (Wildman–Crippen LogP) is 2.12. The second-order valence-electron chi connectivity index (χ2n) is 8.10. The number of carboxylic acids is 1. The maximum absolute atomic E-state index is 12.7. The van der Waals surface area contributed by atoms with Gasteiger partial charge < -0.3 is 25.5 Å². The summed E-state index contributed by atoms with van der Waals surface area (Å²) in [4.78, 5) is 37.0. The number of hydrogen-bond acceptors (Lipinski definition) is 5. The fourth-order valence-electron chi connectivity index (χ4n) is 3.76. The molecule has 1 saturated carbocycles. The van der Waals surface area contributed by atoms with E-state index in [1.165, 1.54) is 0 Å². The summed E-state index contributed by atoms with van der Waals surface area (Å²) in [5.74, 6) is -0.995. The molecule has 2 amide bonds. The van der Waals surface area contributed by atoms with Crippen LogP contribution in [-0.2, 0) is 20.9 Å². The number of aromatic nitrogens is 3. The third-order valence-electron chi connectivity index (χ3n) is 5.43. The van der Waals surface area contributed by atoms with E-state index in [1.54, 1.807) is 24.7 Å². The molecule has 2 aromatic rings. The molecule has 1 aliphatic carbocycles. The molecule has 2 heterocycles. The Morgan fingerprint density at radius 2 is 2.06 bits per heavy atom. The standard InChI is InChI=1S/C21H31N5O3.C2H4O2/c1-3-12-29-19-13-16(20(27)23-10-11-26-15(2)6-9-24-26)4-5-18(19)25-21(28)17-7-8-22-14-17;1-2(3)4/h6-9,14,16,18-19,22H,3-5,10-13H2,1-2H3,(H,23,27)(H,25,28);1H3,(H,3,4)/t16-,18+,19+;/m0./s1. The van der Waals surface area contributed by atoms with Crippen LogP contribution in [0.5, 0.6) is 0 Å². The molecule has 0 saturated heterocycles. The summed E-state index contributed by atoms with van der Waals surface area (Å²) in [7, 11) is 0. The first kappa shape index (κ1) is 26.1. The number of nitrogens with zero attached hydrogens (tertiary/aromatic N) is 2. The maximum atomic E-state index is 12.7. The summed E-state index contributed by atoms with van der Waals surface area (Å²) < 4.78 is 7.88. The van der Waals surface area contributed by atoms with Crippen molar-refractivity contribution in [2.45, 2.75) is 65.1 Å². The van der Waals surface area contributed by atoms with Gasteiger partial charge in [-0.05, 0) is 44.7 Å². The van der Waals surface area contributed by atoms with E-state index in [0.29, 0.717) is 31.7 Å². The van der Waals surface area contributed by atoms with Crippen LogP contribution < -0.4 is 10.6 Å². The first-order valence-electron chi connectivity index (χ1n) is 11.3. The summed E-state index contributed by atoms with van der Waals surface area (Å²) in [6.07, 6.45) is 7.98. The van der Waals surface area contributed by atoms with Gasteiger partial charge in [0.2, 0.25) is 5.91 Å². The second kappa shape index (κ2) is 13.4. The average Bonchev–Trinajstić information content (AvgIpc) is 3.45. The van der Waals surface area contributed by atoms with Gasteiger partial charge in [0.25, 0.3) is 11.9 Å². The lowest BCUT2D eigenvalue weighted by atomic mass is 9.83. The van der Waals surface area contributed by atoms with Gasteiger partial charge in [-0.2, -0.15) is 5.10 Å². The van der Waals surface area contributed by atoms with Crippen molar-refractivity contribution in [2.75, 3.05) is 13.2 Å². The minimum atomic E-state index is -0.833. The number of aliphatic carboxylic acids is 1. The Hall–Kier alpha value is -3.14. The van der Waals surface area contributed by atoms with Gasteiger partial charge in [-0.3, -0.25) is 19.1 Å². The van der Waals surface area contributed by atoms with Crippen molar-refractivity contribution >= 4 is 17.8 Å². The predicted molar refractivity (Wildman–Crippen MR) is 123 cm³/mol. The number of hydrogen-bond donors (Lipinski definition) is 4. The molecule has 182 valence electrons. The number of amides is 2. The zero-order valence-corrected chi connectivity index (χ0v) is 19.5. The first-order valence-corrected chi connectivity index (χ1v) is 11.3.